The fourth-order valence-electron chi connectivity index (χ4n) is 0.988. The molecule has 0 amide bonds. The lowest BCUT2D eigenvalue weighted by Gasteiger charge is -2.03. The van der Waals surface area contributed by atoms with Crippen molar-refractivity contribution in [2.75, 3.05) is 0 Å². The van der Waals surface area contributed by atoms with Gasteiger partial charge in [0.15, 0.2) is 16.6 Å². The second-order valence-corrected chi connectivity index (χ2v) is 3.52. The Morgan fingerprint density at radius 2 is 2.00 bits per heavy atom. The molecule has 1 nitrogen and oxygen atoms in total. The highest BCUT2D eigenvalue weighted by molar-refractivity contribution is 7.11. The topological polar surface area (TPSA) is 9.23 Å². The lowest BCUT2D eigenvalue weighted by molar-refractivity contribution is 0.447. The Kier molecular flexibility index (Phi) is 2.45. The van der Waals surface area contributed by atoms with Gasteiger partial charge in [0.25, 0.3) is 0 Å². The van der Waals surface area contributed by atoms with Crippen molar-refractivity contribution in [1.29, 1.82) is 0 Å². The van der Waals surface area contributed by atoms with Crippen LogP contribution in [0.25, 0.3) is 0 Å². The Morgan fingerprint density at radius 1 is 1.14 bits per heavy atom. The average Bonchev–Trinajstić information content (AvgIpc) is 2.62. The summed E-state index contributed by atoms with van der Waals surface area (Å²) in [5.41, 5.74) is 0. The Labute approximate surface area is 83.6 Å². The second-order valence-electron chi connectivity index (χ2n) is 2.61. The summed E-state index contributed by atoms with van der Waals surface area (Å²) in [6.07, 6.45) is 0. The smallest absolute Gasteiger partial charge is 0.181 e. The highest BCUT2D eigenvalue weighted by atomic mass is 32.1. The average molecular weight is 212 g/mol. The molecule has 0 radical (unpaired) electrons. The molecule has 0 fully saturated rings. The predicted molar refractivity (Wildman–Crippen MR) is 50.8 cm³/mol. The van der Waals surface area contributed by atoms with E-state index in [9.17, 15) is 8.78 Å². The molecule has 0 aliphatic carbocycles. The summed E-state index contributed by atoms with van der Waals surface area (Å²) in [6, 6.07) is 6.73. The van der Waals surface area contributed by atoms with Gasteiger partial charge < -0.3 is 4.74 Å². The predicted octanol–water partition coefficient (Wildman–Crippen LogP) is 3.82. The van der Waals surface area contributed by atoms with E-state index in [1.54, 1.807) is 12.1 Å². The van der Waals surface area contributed by atoms with Gasteiger partial charge in [-0.05, 0) is 29.6 Å². The molecule has 0 N–H and O–H groups in total. The summed E-state index contributed by atoms with van der Waals surface area (Å²) in [4.78, 5) is 0. The lowest BCUT2D eigenvalue weighted by atomic mass is 10.3. The first-order valence-corrected chi connectivity index (χ1v) is 4.80. The van der Waals surface area contributed by atoms with Crippen LogP contribution in [-0.2, 0) is 0 Å². The molecule has 2 aromatic rings. The van der Waals surface area contributed by atoms with Crippen molar-refractivity contribution < 1.29 is 13.5 Å². The number of rotatable bonds is 2. The van der Waals surface area contributed by atoms with Crippen molar-refractivity contribution >= 4 is 11.3 Å². The minimum absolute atomic E-state index is 0.0360. The highest BCUT2D eigenvalue weighted by Crippen LogP contribution is 2.28. The van der Waals surface area contributed by atoms with Crippen LogP contribution in [0.4, 0.5) is 8.78 Å². The molecular formula is C10H6F2OS. The van der Waals surface area contributed by atoms with Crippen molar-refractivity contribution in [3.63, 3.8) is 0 Å². The molecule has 72 valence electrons. The van der Waals surface area contributed by atoms with E-state index in [1.807, 2.05) is 5.38 Å². The van der Waals surface area contributed by atoms with E-state index in [-0.39, 0.29) is 5.75 Å². The van der Waals surface area contributed by atoms with Crippen molar-refractivity contribution in [1.82, 2.24) is 0 Å². The summed E-state index contributed by atoms with van der Waals surface area (Å²) in [6.45, 7) is 0. The van der Waals surface area contributed by atoms with E-state index < -0.39 is 11.6 Å². The van der Waals surface area contributed by atoms with Crippen molar-refractivity contribution in [3.8, 4) is 10.8 Å². The molecule has 0 atom stereocenters. The van der Waals surface area contributed by atoms with E-state index in [1.165, 1.54) is 17.4 Å². The molecule has 0 unspecified atom stereocenters. The van der Waals surface area contributed by atoms with Gasteiger partial charge in [-0.1, -0.05) is 0 Å². The normalized spacial score (nSPS) is 10.1. The van der Waals surface area contributed by atoms with Gasteiger partial charge in [0, 0.05) is 6.07 Å². The van der Waals surface area contributed by atoms with Gasteiger partial charge in [0.2, 0.25) is 0 Å². The quantitative estimate of drug-likeness (QED) is 0.735. The van der Waals surface area contributed by atoms with Crippen LogP contribution >= 0.6 is 11.3 Å². The molecule has 0 bridgehead atoms. The SMILES string of the molecule is Fc1ccc(Oc2cccs2)c(F)c1. The Bertz CT molecular complexity index is 426. The highest BCUT2D eigenvalue weighted by Gasteiger charge is 2.05. The minimum Gasteiger partial charge on any atom is -0.444 e. The number of ether oxygens (including phenoxy) is 1. The number of hydrogen-bond donors (Lipinski definition) is 0. The van der Waals surface area contributed by atoms with Crippen LogP contribution in [0.1, 0.15) is 0 Å². The van der Waals surface area contributed by atoms with E-state index in [0.29, 0.717) is 5.06 Å². The monoisotopic (exact) mass is 212 g/mol. The van der Waals surface area contributed by atoms with Crippen molar-refractivity contribution in [2.45, 2.75) is 0 Å². The van der Waals surface area contributed by atoms with Gasteiger partial charge in [-0.3, -0.25) is 0 Å². The zero-order chi connectivity index (χ0) is 9.97. The molecule has 1 aromatic carbocycles. The van der Waals surface area contributed by atoms with Gasteiger partial charge in [0.1, 0.15) is 5.82 Å². The Morgan fingerprint density at radius 3 is 2.64 bits per heavy atom. The Balaban J connectivity index is 2.25. The molecule has 0 aliphatic heterocycles. The third kappa shape index (κ3) is 1.90. The van der Waals surface area contributed by atoms with E-state index >= 15 is 0 Å². The van der Waals surface area contributed by atoms with Gasteiger partial charge >= 0.3 is 0 Å². The summed E-state index contributed by atoms with van der Waals surface area (Å²) < 4.78 is 30.8. The van der Waals surface area contributed by atoms with Gasteiger partial charge in [-0.2, -0.15) is 0 Å². The molecule has 0 saturated heterocycles. The zero-order valence-electron chi connectivity index (χ0n) is 7.04. The molecule has 14 heavy (non-hydrogen) atoms. The lowest BCUT2D eigenvalue weighted by Crippen LogP contribution is -1.87. The van der Waals surface area contributed by atoms with Crippen LogP contribution in [0.2, 0.25) is 0 Å². The first-order valence-electron chi connectivity index (χ1n) is 3.92. The van der Waals surface area contributed by atoms with Crippen LogP contribution in [0.15, 0.2) is 35.7 Å². The van der Waals surface area contributed by atoms with E-state index in [4.69, 9.17) is 4.74 Å². The Hall–Kier alpha value is -1.42. The fraction of sp³-hybridized carbons (Fsp3) is 0. The standard InChI is InChI=1S/C10H6F2OS/c11-7-3-4-9(8(12)6-7)13-10-2-1-5-14-10/h1-6H. The summed E-state index contributed by atoms with van der Waals surface area (Å²) in [5, 5.41) is 2.40. The first-order chi connectivity index (χ1) is 6.75. The van der Waals surface area contributed by atoms with Crippen LogP contribution in [0.3, 0.4) is 0 Å². The molecule has 1 heterocycles. The van der Waals surface area contributed by atoms with Crippen molar-refractivity contribution in [3.05, 3.63) is 47.3 Å². The van der Waals surface area contributed by atoms with Gasteiger partial charge in [-0.15, -0.1) is 11.3 Å². The van der Waals surface area contributed by atoms with Crippen LogP contribution < -0.4 is 4.74 Å². The summed E-state index contributed by atoms with van der Waals surface area (Å²) in [7, 11) is 0. The number of halogens is 2. The van der Waals surface area contributed by atoms with Gasteiger partial charge in [0.05, 0.1) is 0 Å². The third-order valence-electron chi connectivity index (χ3n) is 1.60. The number of thiophene rings is 1. The van der Waals surface area contributed by atoms with Crippen LogP contribution in [0, 0.1) is 11.6 Å². The van der Waals surface area contributed by atoms with E-state index in [0.717, 1.165) is 12.1 Å². The maximum Gasteiger partial charge on any atom is 0.181 e. The van der Waals surface area contributed by atoms with Crippen LogP contribution in [0.5, 0.6) is 10.8 Å². The molecule has 0 spiro atoms. The fourth-order valence-corrected chi connectivity index (χ4v) is 1.57. The maximum absolute atomic E-state index is 13.1. The molecular weight excluding hydrogens is 206 g/mol. The molecule has 1 aromatic heterocycles. The van der Waals surface area contributed by atoms with Crippen molar-refractivity contribution in [2.24, 2.45) is 0 Å². The maximum atomic E-state index is 13.1. The zero-order valence-corrected chi connectivity index (χ0v) is 7.85. The van der Waals surface area contributed by atoms with E-state index in [2.05, 4.69) is 0 Å². The number of benzene rings is 1. The largest absolute Gasteiger partial charge is 0.444 e. The van der Waals surface area contributed by atoms with Crippen LogP contribution in [-0.4, -0.2) is 0 Å². The third-order valence-corrected chi connectivity index (χ3v) is 2.34. The first kappa shape index (κ1) is 9.15. The second kappa shape index (κ2) is 3.75. The molecule has 4 heteroatoms. The van der Waals surface area contributed by atoms with Gasteiger partial charge in [-0.25, -0.2) is 8.78 Å². The molecule has 0 aliphatic rings. The number of hydrogen-bond acceptors (Lipinski definition) is 2. The minimum atomic E-state index is -0.696. The molecule has 0 saturated carbocycles. The molecule has 2 rings (SSSR count). The summed E-state index contributed by atoms with van der Waals surface area (Å²) in [5.74, 6) is -1.27. The summed E-state index contributed by atoms with van der Waals surface area (Å²) >= 11 is 1.35.